The number of aryl methyl sites for hydroxylation is 3. The van der Waals surface area contributed by atoms with Crippen LogP contribution >= 0.6 is 0 Å². The predicted molar refractivity (Wildman–Crippen MR) is 78.0 cm³/mol. The zero-order chi connectivity index (χ0) is 14.0. The van der Waals surface area contributed by atoms with Gasteiger partial charge in [-0.2, -0.15) is 0 Å². The second-order valence-corrected chi connectivity index (χ2v) is 5.08. The van der Waals surface area contributed by atoms with E-state index in [0.29, 0.717) is 0 Å². The van der Waals surface area contributed by atoms with Crippen LogP contribution in [0.2, 0.25) is 0 Å². The first-order chi connectivity index (χ1) is 9.02. The second-order valence-electron chi connectivity index (χ2n) is 5.08. The number of benzene rings is 2. The van der Waals surface area contributed by atoms with Crippen LogP contribution in [0.15, 0.2) is 36.4 Å². The largest absolute Gasteiger partial charge is 0.309 e. The highest BCUT2D eigenvalue weighted by Gasteiger charge is 2.16. The minimum atomic E-state index is -0.189. The van der Waals surface area contributed by atoms with E-state index in [4.69, 9.17) is 0 Å². The minimum absolute atomic E-state index is 0.0244. The molecule has 2 aromatic rings. The molecule has 1 unspecified atom stereocenters. The summed E-state index contributed by atoms with van der Waals surface area (Å²) in [6, 6.07) is 11.4. The van der Waals surface area contributed by atoms with Gasteiger partial charge in [-0.3, -0.25) is 0 Å². The van der Waals surface area contributed by atoms with Crippen LogP contribution in [0.4, 0.5) is 4.39 Å². The Kier molecular flexibility index (Phi) is 4.01. The lowest BCUT2D eigenvalue weighted by Gasteiger charge is -2.21. The molecular formula is C17H20FN. The van der Waals surface area contributed by atoms with E-state index in [0.717, 1.165) is 11.1 Å². The van der Waals surface area contributed by atoms with Crippen LogP contribution in [0.1, 0.15) is 33.9 Å². The summed E-state index contributed by atoms with van der Waals surface area (Å²) in [7, 11) is 1.91. The topological polar surface area (TPSA) is 12.0 Å². The normalized spacial score (nSPS) is 12.5. The highest BCUT2D eigenvalue weighted by molar-refractivity contribution is 5.41. The first-order valence-electron chi connectivity index (χ1n) is 6.53. The SMILES string of the molecule is CNC(c1ccc(C)cc1C)c1cc(F)ccc1C. The molecule has 0 fully saturated rings. The Hall–Kier alpha value is -1.67. The van der Waals surface area contributed by atoms with Crippen molar-refractivity contribution in [1.82, 2.24) is 5.32 Å². The Balaban J connectivity index is 2.52. The van der Waals surface area contributed by atoms with Crippen LogP contribution in [0.5, 0.6) is 0 Å². The number of rotatable bonds is 3. The van der Waals surface area contributed by atoms with Crippen LogP contribution in [-0.4, -0.2) is 7.05 Å². The summed E-state index contributed by atoms with van der Waals surface area (Å²) in [6.45, 7) is 6.20. The molecule has 0 aliphatic heterocycles. The third kappa shape index (κ3) is 2.85. The molecule has 1 N–H and O–H groups in total. The van der Waals surface area contributed by atoms with E-state index in [1.807, 2.05) is 20.0 Å². The van der Waals surface area contributed by atoms with Crippen molar-refractivity contribution in [2.24, 2.45) is 0 Å². The average Bonchev–Trinajstić information content (AvgIpc) is 2.36. The Morgan fingerprint density at radius 3 is 2.26 bits per heavy atom. The van der Waals surface area contributed by atoms with E-state index in [9.17, 15) is 4.39 Å². The fourth-order valence-corrected chi connectivity index (χ4v) is 2.55. The van der Waals surface area contributed by atoms with E-state index in [-0.39, 0.29) is 11.9 Å². The van der Waals surface area contributed by atoms with Gasteiger partial charge in [0.05, 0.1) is 6.04 Å². The van der Waals surface area contributed by atoms with E-state index in [1.165, 1.54) is 22.8 Å². The van der Waals surface area contributed by atoms with Crippen molar-refractivity contribution in [3.05, 3.63) is 70.0 Å². The molecular weight excluding hydrogens is 237 g/mol. The number of halogens is 1. The number of hydrogen-bond donors (Lipinski definition) is 1. The van der Waals surface area contributed by atoms with Crippen LogP contribution in [-0.2, 0) is 0 Å². The smallest absolute Gasteiger partial charge is 0.123 e. The Labute approximate surface area is 114 Å². The molecule has 0 saturated carbocycles. The molecule has 1 nitrogen and oxygen atoms in total. The highest BCUT2D eigenvalue weighted by atomic mass is 19.1. The zero-order valence-electron chi connectivity index (χ0n) is 11.9. The van der Waals surface area contributed by atoms with Crippen LogP contribution in [0.3, 0.4) is 0 Å². The van der Waals surface area contributed by atoms with Gasteiger partial charge in [0.25, 0.3) is 0 Å². The van der Waals surface area contributed by atoms with E-state index in [1.54, 1.807) is 6.07 Å². The second kappa shape index (κ2) is 5.54. The summed E-state index contributed by atoms with van der Waals surface area (Å²) < 4.78 is 13.5. The Morgan fingerprint density at radius 1 is 0.895 bits per heavy atom. The molecule has 0 spiro atoms. The van der Waals surface area contributed by atoms with Crippen molar-refractivity contribution in [2.45, 2.75) is 26.8 Å². The molecule has 0 aliphatic carbocycles. The lowest BCUT2D eigenvalue weighted by atomic mass is 9.91. The molecule has 0 aliphatic rings. The predicted octanol–water partition coefficient (Wildman–Crippen LogP) is 4.06. The molecule has 0 bridgehead atoms. The van der Waals surface area contributed by atoms with Gasteiger partial charge in [0.15, 0.2) is 0 Å². The van der Waals surface area contributed by atoms with Gasteiger partial charge in [0.2, 0.25) is 0 Å². The van der Waals surface area contributed by atoms with E-state index in [2.05, 4.69) is 37.4 Å². The molecule has 0 radical (unpaired) electrons. The van der Waals surface area contributed by atoms with Gasteiger partial charge in [0.1, 0.15) is 5.82 Å². The lowest BCUT2D eigenvalue weighted by molar-refractivity contribution is 0.614. The van der Waals surface area contributed by atoms with E-state index >= 15 is 0 Å². The Bertz CT molecular complexity index is 590. The number of hydrogen-bond acceptors (Lipinski definition) is 1. The molecule has 0 saturated heterocycles. The van der Waals surface area contributed by atoms with Crippen molar-refractivity contribution in [1.29, 1.82) is 0 Å². The minimum Gasteiger partial charge on any atom is -0.309 e. The fourth-order valence-electron chi connectivity index (χ4n) is 2.55. The molecule has 2 heteroatoms. The van der Waals surface area contributed by atoms with Gasteiger partial charge in [-0.1, -0.05) is 29.8 Å². The van der Waals surface area contributed by atoms with E-state index < -0.39 is 0 Å². The molecule has 2 rings (SSSR count). The number of nitrogens with one attached hydrogen (secondary N) is 1. The monoisotopic (exact) mass is 257 g/mol. The fraction of sp³-hybridized carbons (Fsp3) is 0.294. The van der Waals surface area contributed by atoms with Crippen LogP contribution < -0.4 is 5.32 Å². The van der Waals surface area contributed by atoms with Crippen molar-refractivity contribution in [2.75, 3.05) is 7.05 Å². The first kappa shape index (κ1) is 13.8. The lowest BCUT2D eigenvalue weighted by Crippen LogP contribution is -2.20. The average molecular weight is 257 g/mol. The van der Waals surface area contributed by atoms with Gasteiger partial charge < -0.3 is 5.32 Å². The molecule has 0 aromatic heterocycles. The summed E-state index contributed by atoms with van der Waals surface area (Å²) in [4.78, 5) is 0. The summed E-state index contributed by atoms with van der Waals surface area (Å²) in [6.07, 6.45) is 0. The van der Waals surface area contributed by atoms with Crippen molar-refractivity contribution in [3.63, 3.8) is 0 Å². The third-order valence-electron chi connectivity index (χ3n) is 3.58. The molecule has 0 amide bonds. The maximum Gasteiger partial charge on any atom is 0.123 e. The van der Waals surface area contributed by atoms with Crippen molar-refractivity contribution in [3.8, 4) is 0 Å². The van der Waals surface area contributed by atoms with Crippen molar-refractivity contribution < 1.29 is 4.39 Å². The zero-order valence-corrected chi connectivity index (χ0v) is 11.9. The van der Waals surface area contributed by atoms with Crippen LogP contribution in [0.25, 0.3) is 0 Å². The standard InChI is InChI=1S/C17H20FN/c1-11-5-8-15(13(3)9-11)17(19-4)16-10-14(18)7-6-12(16)2/h5-10,17,19H,1-4H3. The highest BCUT2D eigenvalue weighted by Crippen LogP contribution is 2.28. The van der Waals surface area contributed by atoms with Gasteiger partial charge in [-0.25, -0.2) is 4.39 Å². The summed E-state index contributed by atoms with van der Waals surface area (Å²) in [5.74, 6) is -0.189. The van der Waals surface area contributed by atoms with Gasteiger partial charge >= 0.3 is 0 Å². The van der Waals surface area contributed by atoms with Gasteiger partial charge in [-0.15, -0.1) is 0 Å². The summed E-state index contributed by atoms with van der Waals surface area (Å²) >= 11 is 0. The molecule has 0 heterocycles. The maximum absolute atomic E-state index is 13.5. The molecule has 1 atom stereocenters. The third-order valence-corrected chi connectivity index (χ3v) is 3.58. The maximum atomic E-state index is 13.5. The molecule has 2 aromatic carbocycles. The summed E-state index contributed by atoms with van der Waals surface area (Å²) in [5, 5.41) is 3.30. The van der Waals surface area contributed by atoms with Crippen molar-refractivity contribution >= 4 is 0 Å². The quantitative estimate of drug-likeness (QED) is 0.874. The van der Waals surface area contributed by atoms with Crippen LogP contribution in [0, 0.1) is 26.6 Å². The Morgan fingerprint density at radius 2 is 1.63 bits per heavy atom. The van der Waals surface area contributed by atoms with Gasteiger partial charge in [0, 0.05) is 0 Å². The first-order valence-corrected chi connectivity index (χ1v) is 6.53. The molecule has 19 heavy (non-hydrogen) atoms. The van der Waals surface area contributed by atoms with Gasteiger partial charge in [-0.05, 0) is 62.2 Å². The summed E-state index contributed by atoms with van der Waals surface area (Å²) in [5.41, 5.74) is 5.76. The molecule has 100 valence electrons.